The lowest BCUT2D eigenvalue weighted by molar-refractivity contribution is -0.136. The van der Waals surface area contributed by atoms with Crippen molar-refractivity contribution in [1.82, 2.24) is 0 Å². The lowest BCUT2D eigenvalue weighted by Crippen LogP contribution is -2.48. The number of hydrogen-bond acceptors (Lipinski definition) is 4. The van der Waals surface area contributed by atoms with Crippen LogP contribution in [0.5, 0.6) is 11.5 Å². The molecule has 5 nitrogen and oxygen atoms in total. The van der Waals surface area contributed by atoms with E-state index in [0.29, 0.717) is 0 Å². The summed E-state index contributed by atoms with van der Waals surface area (Å²) in [6, 6.07) is 13.6. The molecule has 3 N–H and O–H groups in total. The van der Waals surface area contributed by atoms with E-state index in [1.54, 1.807) is 7.11 Å². The van der Waals surface area contributed by atoms with Gasteiger partial charge in [-0.05, 0) is 73.9 Å². The number of hydrogen-bond donors (Lipinski definition) is 2. The molecule has 162 valence electrons. The minimum atomic E-state index is -0.848. The van der Waals surface area contributed by atoms with Crippen LogP contribution in [0.3, 0.4) is 0 Å². The third kappa shape index (κ3) is 4.86. The fraction of sp³-hybridized carbons (Fsp3) is 0.423. The van der Waals surface area contributed by atoms with E-state index in [9.17, 15) is 4.79 Å². The summed E-state index contributed by atoms with van der Waals surface area (Å²) in [6.45, 7) is 0. The zero-order valence-corrected chi connectivity index (χ0v) is 17.9. The van der Waals surface area contributed by atoms with Crippen LogP contribution in [-0.4, -0.2) is 30.3 Å². The van der Waals surface area contributed by atoms with Crippen molar-refractivity contribution in [1.29, 1.82) is 0 Å². The van der Waals surface area contributed by atoms with Crippen LogP contribution < -0.4 is 15.2 Å². The van der Waals surface area contributed by atoms with Gasteiger partial charge in [-0.3, -0.25) is 4.79 Å². The Morgan fingerprint density at radius 2 is 1.94 bits per heavy atom. The molecule has 2 aliphatic carbocycles. The van der Waals surface area contributed by atoms with Crippen LogP contribution in [0, 0.1) is 11.8 Å². The first-order valence-electron chi connectivity index (χ1n) is 10.9. The van der Waals surface area contributed by atoms with Crippen molar-refractivity contribution in [2.24, 2.45) is 5.73 Å². The van der Waals surface area contributed by atoms with Crippen molar-refractivity contribution in [3.8, 4) is 23.3 Å². The summed E-state index contributed by atoms with van der Waals surface area (Å²) in [4.78, 5) is 11.0. The average Bonchev–Trinajstić information content (AvgIpc) is 3.23. The van der Waals surface area contributed by atoms with Crippen molar-refractivity contribution in [3.05, 3.63) is 59.2 Å². The molecular weight excluding hydrogens is 390 g/mol. The van der Waals surface area contributed by atoms with Gasteiger partial charge in [-0.15, -0.1) is 0 Å². The maximum Gasteiger partial charge on any atom is 0.307 e. The number of nitrogens with two attached hydrogens (primary N) is 1. The van der Waals surface area contributed by atoms with Crippen molar-refractivity contribution in [3.63, 3.8) is 0 Å². The van der Waals surface area contributed by atoms with Gasteiger partial charge in [0.05, 0.1) is 25.0 Å². The Hall–Kier alpha value is -2.97. The summed E-state index contributed by atoms with van der Waals surface area (Å²) in [7, 11) is 1.66. The number of rotatable bonds is 6. The number of carboxylic acids is 1. The summed E-state index contributed by atoms with van der Waals surface area (Å²) >= 11 is 0. The minimum Gasteiger partial charge on any atom is -0.493 e. The zero-order valence-electron chi connectivity index (χ0n) is 17.9. The standard InChI is InChI=1S/C26H29NO4/c1-30-23-10-9-20(15-24(23)31-22-7-2-3-8-22)26(16-21(27)17-26)12-11-18-5-4-6-19(13-18)14-25(28)29/h4-6,9-10,13,15,21-22H,2-3,7-8,14,16-17,27H2,1H3,(H,28,29). The molecule has 0 bridgehead atoms. The lowest BCUT2D eigenvalue weighted by atomic mass is 9.62. The van der Waals surface area contributed by atoms with Crippen LogP contribution in [0.2, 0.25) is 0 Å². The first-order chi connectivity index (χ1) is 15.0. The second-order valence-corrected chi connectivity index (χ2v) is 8.66. The first kappa shape index (κ1) is 21.3. The molecule has 4 rings (SSSR count). The summed E-state index contributed by atoms with van der Waals surface area (Å²) in [6.07, 6.45) is 6.37. The van der Waals surface area contributed by atoms with Gasteiger partial charge >= 0.3 is 5.97 Å². The molecule has 2 aromatic rings. The quantitative estimate of drug-likeness (QED) is 0.690. The van der Waals surface area contributed by atoms with Gasteiger partial charge in [-0.25, -0.2) is 0 Å². The second-order valence-electron chi connectivity index (χ2n) is 8.66. The molecule has 31 heavy (non-hydrogen) atoms. The predicted octanol–water partition coefficient (Wildman–Crippen LogP) is 4.05. The SMILES string of the molecule is COc1ccc(C2(C#Cc3cccc(CC(=O)O)c3)CC(N)C2)cc1OC1CCCC1. The molecule has 0 radical (unpaired) electrons. The van der Waals surface area contributed by atoms with Crippen molar-refractivity contribution in [2.45, 2.75) is 62.5 Å². The van der Waals surface area contributed by atoms with Gasteiger partial charge < -0.3 is 20.3 Å². The normalized spacial score (nSPS) is 22.8. The monoisotopic (exact) mass is 419 g/mol. The average molecular weight is 420 g/mol. The molecule has 2 aromatic carbocycles. The molecule has 0 amide bonds. The van der Waals surface area contributed by atoms with Crippen molar-refractivity contribution >= 4 is 5.97 Å². The molecular formula is C26H29NO4. The largest absolute Gasteiger partial charge is 0.493 e. The Balaban J connectivity index is 1.63. The molecule has 2 fully saturated rings. The summed E-state index contributed by atoms with van der Waals surface area (Å²) in [5.74, 6) is 7.40. The second kappa shape index (κ2) is 9.03. The Morgan fingerprint density at radius 3 is 2.61 bits per heavy atom. The number of aliphatic carboxylic acids is 1. The predicted molar refractivity (Wildman–Crippen MR) is 119 cm³/mol. The maximum absolute atomic E-state index is 11.0. The first-order valence-corrected chi connectivity index (χ1v) is 10.9. The van der Waals surface area contributed by atoms with Gasteiger partial charge in [0.1, 0.15) is 0 Å². The molecule has 0 aromatic heterocycles. The molecule has 0 aliphatic heterocycles. The van der Waals surface area contributed by atoms with Crippen molar-refractivity contribution < 1.29 is 19.4 Å². The highest BCUT2D eigenvalue weighted by molar-refractivity contribution is 5.70. The summed E-state index contributed by atoms with van der Waals surface area (Å²) in [5.41, 5.74) is 8.50. The van der Waals surface area contributed by atoms with Crippen LogP contribution in [-0.2, 0) is 16.6 Å². The van der Waals surface area contributed by atoms with E-state index < -0.39 is 5.97 Å². The number of carbonyl (C=O) groups is 1. The molecule has 2 aliphatic rings. The molecule has 0 atom stereocenters. The Morgan fingerprint density at radius 1 is 1.16 bits per heavy atom. The van der Waals surface area contributed by atoms with Gasteiger partial charge in [-0.2, -0.15) is 0 Å². The zero-order chi connectivity index (χ0) is 21.8. The molecule has 0 heterocycles. The topological polar surface area (TPSA) is 81.8 Å². The van der Waals surface area contributed by atoms with Crippen LogP contribution in [0.1, 0.15) is 55.2 Å². The van der Waals surface area contributed by atoms with E-state index >= 15 is 0 Å². The number of benzene rings is 2. The van der Waals surface area contributed by atoms with Crippen LogP contribution in [0.4, 0.5) is 0 Å². The third-order valence-corrected chi connectivity index (χ3v) is 6.26. The highest BCUT2D eigenvalue weighted by atomic mass is 16.5. The number of methoxy groups -OCH3 is 1. The molecule has 2 saturated carbocycles. The Labute approximate surface area is 183 Å². The van der Waals surface area contributed by atoms with Crippen LogP contribution in [0.25, 0.3) is 0 Å². The fourth-order valence-electron chi connectivity index (χ4n) is 4.62. The van der Waals surface area contributed by atoms with Gasteiger partial charge in [0.2, 0.25) is 0 Å². The van der Waals surface area contributed by atoms with E-state index in [1.165, 1.54) is 12.8 Å². The van der Waals surface area contributed by atoms with E-state index in [4.69, 9.17) is 20.3 Å². The fourth-order valence-corrected chi connectivity index (χ4v) is 4.62. The third-order valence-electron chi connectivity index (χ3n) is 6.26. The van der Waals surface area contributed by atoms with Gasteiger partial charge in [-0.1, -0.05) is 30.0 Å². The van der Waals surface area contributed by atoms with E-state index in [1.807, 2.05) is 30.3 Å². The Kier molecular flexibility index (Phi) is 6.20. The number of ether oxygens (including phenoxy) is 2. The van der Waals surface area contributed by atoms with E-state index in [0.717, 1.165) is 53.9 Å². The van der Waals surface area contributed by atoms with Gasteiger partial charge in [0.15, 0.2) is 11.5 Å². The van der Waals surface area contributed by atoms with E-state index in [2.05, 4.69) is 24.0 Å². The molecule has 0 unspecified atom stereocenters. The maximum atomic E-state index is 11.0. The summed E-state index contributed by atoms with van der Waals surface area (Å²) in [5, 5.41) is 9.04. The van der Waals surface area contributed by atoms with Crippen LogP contribution >= 0.6 is 0 Å². The highest BCUT2D eigenvalue weighted by Gasteiger charge is 2.43. The molecule has 0 saturated heterocycles. The van der Waals surface area contributed by atoms with Crippen molar-refractivity contribution in [2.75, 3.05) is 7.11 Å². The Bertz CT molecular complexity index is 1010. The van der Waals surface area contributed by atoms with E-state index in [-0.39, 0.29) is 24.0 Å². The van der Waals surface area contributed by atoms with Gasteiger partial charge in [0.25, 0.3) is 0 Å². The molecule has 0 spiro atoms. The number of carboxylic acid groups (broad SMARTS) is 1. The lowest BCUT2D eigenvalue weighted by Gasteiger charge is -2.43. The van der Waals surface area contributed by atoms with Gasteiger partial charge in [0, 0.05) is 11.6 Å². The minimum absolute atomic E-state index is 0.00805. The summed E-state index contributed by atoms with van der Waals surface area (Å²) < 4.78 is 11.8. The highest BCUT2D eigenvalue weighted by Crippen LogP contribution is 2.45. The smallest absolute Gasteiger partial charge is 0.307 e. The molecule has 5 heteroatoms. The van der Waals surface area contributed by atoms with Crippen LogP contribution in [0.15, 0.2) is 42.5 Å².